The molecule has 0 atom stereocenters. The molecule has 4 rings (SSSR count). The second-order valence-corrected chi connectivity index (χ2v) is 12.5. The van der Waals surface area contributed by atoms with E-state index < -0.39 is 0 Å². The molecule has 40 heavy (non-hydrogen) atoms. The molecule has 0 spiro atoms. The van der Waals surface area contributed by atoms with E-state index in [-0.39, 0.29) is 5.41 Å². The second-order valence-electron chi connectivity index (χ2n) is 12.5. The normalized spacial score (nSPS) is 17.7. The molecule has 0 N–H and O–H groups in total. The van der Waals surface area contributed by atoms with Crippen LogP contribution in [-0.2, 0) is 19.3 Å². The Bertz CT molecular complexity index is 1190. The van der Waals surface area contributed by atoms with Gasteiger partial charge in [-0.25, -0.2) is 0 Å². The molecule has 0 radical (unpaired) electrons. The van der Waals surface area contributed by atoms with E-state index in [0.717, 1.165) is 62.7 Å². The smallest absolute Gasteiger partial charge is 0.125 e. The van der Waals surface area contributed by atoms with Crippen LogP contribution in [0.25, 0.3) is 22.3 Å². The highest BCUT2D eigenvalue weighted by atomic mass is 16.5. The Kier molecular flexibility index (Phi) is 10.6. The Hall–Kier alpha value is -2.54. The molecule has 3 aromatic carbocycles. The highest BCUT2D eigenvalue weighted by Crippen LogP contribution is 2.39. The average molecular weight is 539 g/mol. The molecule has 0 aromatic heterocycles. The maximum absolute atomic E-state index is 6.67. The van der Waals surface area contributed by atoms with Gasteiger partial charge in [0.2, 0.25) is 0 Å². The molecule has 3 aromatic rings. The van der Waals surface area contributed by atoms with E-state index in [4.69, 9.17) is 4.74 Å². The molecule has 1 nitrogen and oxygen atoms in total. The number of hydrogen-bond donors (Lipinski definition) is 0. The fourth-order valence-corrected chi connectivity index (χ4v) is 6.79. The van der Waals surface area contributed by atoms with E-state index in [1.165, 1.54) is 70.2 Å². The van der Waals surface area contributed by atoms with Gasteiger partial charge in [-0.1, -0.05) is 104 Å². The number of aryl methyl sites for hydroxylation is 3. The van der Waals surface area contributed by atoms with Crippen molar-refractivity contribution in [3.63, 3.8) is 0 Å². The number of hydrogen-bond acceptors (Lipinski definition) is 1. The Morgan fingerprint density at radius 3 is 1.68 bits per heavy atom. The van der Waals surface area contributed by atoms with Crippen LogP contribution in [0.3, 0.4) is 0 Å². The third-order valence-corrected chi connectivity index (χ3v) is 10.3. The predicted molar refractivity (Wildman–Crippen MR) is 175 cm³/mol. The zero-order chi connectivity index (χ0) is 28.7. The largest absolute Gasteiger partial charge is 0.492 e. The summed E-state index contributed by atoms with van der Waals surface area (Å²) in [5.41, 5.74) is 11.2. The fraction of sp³-hybridized carbons (Fsp3) is 0.538. The summed E-state index contributed by atoms with van der Waals surface area (Å²) in [6, 6.07) is 21.4. The van der Waals surface area contributed by atoms with Gasteiger partial charge < -0.3 is 4.74 Å². The van der Waals surface area contributed by atoms with Gasteiger partial charge in [0.15, 0.2) is 0 Å². The fourth-order valence-electron chi connectivity index (χ4n) is 6.79. The number of ether oxygens (including phenoxy) is 1. The van der Waals surface area contributed by atoms with Crippen molar-refractivity contribution in [2.75, 3.05) is 6.61 Å². The first-order valence-electron chi connectivity index (χ1n) is 16.4. The topological polar surface area (TPSA) is 9.23 Å². The van der Waals surface area contributed by atoms with Crippen LogP contribution in [0.2, 0.25) is 0 Å². The van der Waals surface area contributed by atoms with Crippen LogP contribution in [0.5, 0.6) is 5.75 Å². The first kappa shape index (κ1) is 30.4. The van der Waals surface area contributed by atoms with Gasteiger partial charge in [-0.2, -0.15) is 0 Å². The van der Waals surface area contributed by atoms with E-state index in [1.54, 1.807) is 0 Å². The minimum absolute atomic E-state index is 0.271. The van der Waals surface area contributed by atoms with Gasteiger partial charge in [0.1, 0.15) is 5.75 Å². The Morgan fingerprint density at radius 1 is 0.625 bits per heavy atom. The van der Waals surface area contributed by atoms with Gasteiger partial charge >= 0.3 is 0 Å². The highest BCUT2D eigenvalue weighted by Gasteiger charge is 2.26. The lowest BCUT2D eigenvalue weighted by Crippen LogP contribution is -2.27. The van der Waals surface area contributed by atoms with Gasteiger partial charge in [0, 0.05) is 5.41 Å². The van der Waals surface area contributed by atoms with E-state index >= 15 is 0 Å². The molecule has 1 saturated carbocycles. The van der Waals surface area contributed by atoms with Crippen LogP contribution in [0.1, 0.15) is 122 Å². The van der Waals surface area contributed by atoms with Gasteiger partial charge in [-0.05, 0) is 120 Å². The summed E-state index contributed by atoms with van der Waals surface area (Å²) in [7, 11) is 0. The van der Waals surface area contributed by atoms with Crippen molar-refractivity contribution in [3.05, 3.63) is 76.9 Å². The lowest BCUT2D eigenvalue weighted by Gasteiger charge is -2.31. The summed E-state index contributed by atoms with van der Waals surface area (Å²) in [6.45, 7) is 16.9. The molecule has 216 valence electrons. The zero-order valence-corrected chi connectivity index (χ0v) is 26.5. The van der Waals surface area contributed by atoms with E-state index in [9.17, 15) is 0 Å². The van der Waals surface area contributed by atoms with Crippen LogP contribution in [0, 0.1) is 11.3 Å². The summed E-state index contributed by atoms with van der Waals surface area (Å²) >= 11 is 0. The molecular formula is C39H54O. The molecule has 0 bridgehead atoms. The molecule has 0 aliphatic heterocycles. The summed E-state index contributed by atoms with van der Waals surface area (Å²) in [5.74, 6) is 2.78. The van der Waals surface area contributed by atoms with Gasteiger partial charge in [0.05, 0.1) is 6.61 Å². The number of benzene rings is 3. The quantitative estimate of drug-likeness (QED) is 0.223. The van der Waals surface area contributed by atoms with E-state index in [0.29, 0.717) is 0 Å². The SMILES string of the molecule is CCc1cc(-c2ccc(C3CCC(C)CC3)cc2)ccc1-c1cc(CC)c(OCC(CC)(CC)CC)c(CC)c1. The predicted octanol–water partition coefficient (Wildman–Crippen LogP) is 11.6. The molecule has 1 aliphatic rings. The second kappa shape index (κ2) is 13.9. The molecular weight excluding hydrogens is 484 g/mol. The first-order chi connectivity index (χ1) is 19.4. The summed E-state index contributed by atoms with van der Waals surface area (Å²) < 4.78 is 6.67. The maximum Gasteiger partial charge on any atom is 0.125 e. The highest BCUT2D eigenvalue weighted by molar-refractivity contribution is 5.75. The van der Waals surface area contributed by atoms with Crippen molar-refractivity contribution >= 4 is 0 Å². The van der Waals surface area contributed by atoms with Crippen LogP contribution in [0.4, 0.5) is 0 Å². The minimum Gasteiger partial charge on any atom is -0.492 e. The molecule has 1 aliphatic carbocycles. The summed E-state index contributed by atoms with van der Waals surface area (Å²) in [5, 5.41) is 0. The van der Waals surface area contributed by atoms with Crippen molar-refractivity contribution < 1.29 is 4.74 Å². The Labute approximate surface area is 245 Å². The third-order valence-electron chi connectivity index (χ3n) is 10.3. The van der Waals surface area contributed by atoms with Crippen molar-refractivity contribution in [2.45, 2.75) is 119 Å². The van der Waals surface area contributed by atoms with Crippen LogP contribution in [0.15, 0.2) is 54.6 Å². The van der Waals surface area contributed by atoms with Gasteiger partial charge in [-0.15, -0.1) is 0 Å². The molecule has 0 amide bonds. The van der Waals surface area contributed by atoms with Gasteiger partial charge in [0.25, 0.3) is 0 Å². The molecule has 1 heteroatoms. The number of rotatable bonds is 12. The molecule has 0 heterocycles. The van der Waals surface area contributed by atoms with Crippen LogP contribution in [-0.4, -0.2) is 6.61 Å². The third kappa shape index (κ3) is 6.67. The molecule has 1 fully saturated rings. The lowest BCUT2D eigenvalue weighted by atomic mass is 9.79. The first-order valence-corrected chi connectivity index (χ1v) is 16.4. The Morgan fingerprint density at radius 2 is 1.15 bits per heavy atom. The average Bonchev–Trinajstić information content (AvgIpc) is 3.01. The summed E-state index contributed by atoms with van der Waals surface area (Å²) in [4.78, 5) is 0. The van der Waals surface area contributed by atoms with Crippen LogP contribution < -0.4 is 4.74 Å². The van der Waals surface area contributed by atoms with E-state index in [1.807, 2.05) is 0 Å². The van der Waals surface area contributed by atoms with Crippen molar-refractivity contribution in [2.24, 2.45) is 11.3 Å². The minimum atomic E-state index is 0.271. The zero-order valence-electron chi connectivity index (χ0n) is 26.5. The van der Waals surface area contributed by atoms with E-state index in [2.05, 4.69) is 103 Å². The monoisotopic (exact) mass is 538 g/mol. The Balaban J connectivity index is 1.61. The molecule has 0 unspecified atom stereocenters. The lowest BCUT2D eigenvalue weighted by molar-refractivity contribution is 0.126. The summed E-state index contributed by atoms with van der Waals surface area (Å²) in [6.07, 6.45) is 11.9. The van der Waals surface area contributed by atoms with Crippen molar-refractivity contribution in [3.8, 4) is 28.0 Å². The maximum atomic E-state index is 6.67. The van der Waals surface area contributed by atoms with Crippen molar-refractivity contribution in [1.29, 1.82) is 0 Å². The van der Waals surface area contributed by atoms with Crippen molar-refractivity contribution in [1.82, 2.24) is 0 Å². The van der Waals surface area contributed by atoms with Crippen LogP contribution >= 0.6 is 0 Å². The standard InChI is InChI=1S/C39H54O/c1-8-29-24-35(34-20-18-33(19-21-34)32-16-14-28(7)15-17-32)22-23-37(29)36-25-30(9-2)38(31(10-3)26-36)40-27-39(11-4,12-5)13-6/h18-26,28,32H,8-17,27H2,1-7H3. The van der Waals surface area contributed by atoms with Gasteiger partial charge in [-0.3, -0.25) is 0 Å². The molecule has 0 saturated heterocycles.